The standard InChI is InChI=1S/C18H19F3N2O3/c1-12(13-7-4-5-9-15(13)26-3)22(2)16(24)11-23-10-6-8-14(17(23)25)18(19,20)21/h4-10,12H,11H2,1-3H3. The number of nitrogens with zero attached hydrogens (tertiary/aromatic N) is 2. The number of hydrogen-bond donors (Lipinski definition) is 0. The van der Waals surface area contributed by atoms with E-state index in [9.17, 15) is 22.8 Å². The Kier molecular flexibility index (Phi) is 5.74. The summed E-state index contributed by atoms with van der Waals surface area (Å²) in [4.78, 5) is 25.8. The van der Waals surface area contributed by atoms with E-state index in [1.165, 1.54) is 19.1 Å². The third kappa shape index (κ3) is 4.07. The highest BCUT2D eigenvalue weighted by molar-refractivity contribution is 5.76. The van der Waals surface area contributed by atoms with E-state index in [0.29, 0.717) is 11.8 Å². The monoisotopic (exact) mass is 368 g/mol. The zero-order chi connectivity index (χ0) is 19.5. The number of alkyl halides is 3. The van der Waals surface area contributed by atoms with Crippen molar-refractivity contribution in [3.8, 4) is 5.75 Å². The van der Waals surface area contributed by atoms with E-state index in [1.54, 1.807) is 31.2 Å². The molecule has 2 aromatic rings. The number of ether oxygens (including phenoxy) is 1. The number of carbonyl (C=O) groups excluding carboxylic acids is 1. The molecule has 0 aliphatic carbocycles. The lowest BCUT2D eigenvalue weighted by atomic mass is 10.1. The van der Waals surface area contributed by atoms with E-state index in [1.807, 2.05) is 0 Å². The summed E-state index contributed by atoms with van der Waals surface area (Å²) in [6.45, 7) is 1.28. The number of halogens is 3. The maximum atomic E-state index is 12.8. The van der Waals surface area contributed by atoms with E-state index < -0.39 is 29.8 Å². The molecule has 0 saturated heterocycles. The molecule has 0 radical (unpaired) electrons. The van der Waals surface area contributed by atoms with Crippen molar-refractivity contribution in [2.24, 2.45) is 0 Å². The van der Waals surface area contributed by atoms with Gasteiger partial charge in [0.25, 0.3) is 5.56 Å². The molecule has 1 aromatic heterocycles. The fourth-order valence-corrected chi connectivity index (χ4v) is 2.57. The molecule has 1 unspecified atom stereocenters. The van der Waals surface area contributed by atoms with Crippen LogP contribution in [0.4, 0.5) is 13.2 Å². The quantitative estimate of drug-likeness (QED) is 0.815. The molecule has 0 fully saturated rings. The highest BCUT2D eigenvalue weighted by Gasteiger charge is 2.34. The molecule has 1 atom stereocenters. The van der Waals surface area contributed by atoms with E-state index in [4.69, 9.17) is 4.74 Å². The first-order chi connectivity index (χ1) is 12.2. The van der Waals surface area contributed by atoms with Crippen LogP contribution in [0, 0.1) is 0 Å². The van der Waals surface area contributed by atoms with E-state index in [0.717, 1.165) is 22.4 Å². The molecular formula is C18H19F3N2O3. The fraction of sp³-hybridized carbons (Fsp3) is 0.333. The van der Waals surface area contributed by atoms with Crippen LogP contribution in [0.2, 0.25) is 0 Å². The molecule has 5 nitrogen and oxygen atoms in total. The number of rotatable bonds is 5. The fourth-order valence-electron chi connectivity index (χ4n) is 2.57. The minimum Gasteiger partial charge on any atom is -0.496 e. The molecule has 0 saturated carbocycles. The van der Waals surface area contributed by atoms with Gasteiger partial charge < -0.3 is 14.2 Å². The van der Waals surface area contributed by atoms with Crippen LogP contribution in [0.15, 0.2) is 47.4 Å². The molecule has 0 aliphatic heterocycles. The zero-order valence-electron chi connectivity index (χ0n) is 14.6. The molecule has 0 aliphatic rings. The highest BCUT2D eigenvalue weighted by atomic mass is 19.4. The van der Waals surface area contributed by atoms with Crippen LogP contribution >= 0.6 is 0 Å². The number of aromatic nitrogens is 1. The van der Waals surface area contributed by atoms with Crippen LogP contribution in [-0.2, 0) is 17.5 Å². The largest absolute Gasteiger partial charge is 0.496 e. The van der Waals surface area contributed by atoms with Gasteiger partial charge in [-0.25, -0.2) is 0 Å². The normalized spacial score (nSPS) is 12.5. The summed E-state index contributed by atoms with van der Waals surface area (Å²) in [5.74, 6) is 0.0979. The van der Waals surface area contributed by atoms with E-state index in [-0.39, 0.29) is 6.04 Å². The number of para-hydroxylation sites is 1. The van der Waals surface area contributed by atoms with Crippen molar-refractivity contribution in [3.05, 3.63) is 64.1 Å². The lowest BCUT2D eigenvalue weighted by Crippen LogP contribution is -2.37. The molecule has 8 heteroatoms. The number of pyridine rings is 1. The summed E-state index contributed by atoms with van der Waals surface area (Å²) < 4.78 is 44.5. The molecular weight excluding hydrogens is 349 g/mol. The van der Waals surface area contributed by atoms with Crippen LogP contribution in [-0.4, -0.2) is 29.5 Å². The Morgan fingerprint density at radius 1 is 1.23 bits per heavy atom. The van der Waals surface area contributed by atoms with Crippen molar-refractivity contribution in [2.45, 2.75) is 25.7 Å². The van der Waals surface area contributed by atoms with Gasteiger partial charge in [0.15, 0.2) is 0 Å². The topological polar surface area (TPSA) is 51.5 Å². The van der Waals surface area contributed by atoms with Gasteiger partial charge in [0.05, 0.1) is 13.2 Å². The summed E-state index contributed by atoms with van der Waals surface area (Å²) in [6.07, 6.45) is -3.60. The average Bonchev–Trinajstić information content (AvgIpc) is 2.61. The van der Waals surface area contributed by atoms with Crippen molar-refractivity contribution >= 4 is 5.91 Å². The second-order valence-corrected chi connectivity index (χ2v) is 5.78. The number of benzene rings is 1. The first-order valence-electron chi connectivity index (χ1n) is 7.82. The Balaban J connectivity index is 2.24. The molecule has 1 amide bonds. The second kappa shape index (κ2) is 7.63. The van der Waals surface area contributed by atoms with Gasteiger partial charge in [0.2, 0.25) is 5.91 Å². The van der Waals surface area contributed by atoms with Crippen molar-refractivity contribution in [3.63, 3.8) is 0 Å². The first kappa shape index (κ1) is 19.6. The van der Waals surface area contributed by atoms with Crippen molar-refractivity contribution in [1.29, 1.82) is 0 Å². The summed E-state index contributed by atoms with van der Waals surface area (Å²) in [5, 5.41) is 0. The Labute approximate surface area is 148 Å². The van der Waals surface area contributed by atoms with E-state index in [2.05, 4.69) is 0 Å². The number of carbonyl (C=O) groups is 1. The van der Waals surface area contributed by atoms with E-state index >= 15 is 0 Å². The molecule has 0 N–H and O–H groups in total. The van der Waals surface area contributed by atoms with Crippen LogP contribution in [0.25, 0.3) is 0 Å². The van der Waals surface area contributed by atoms with Gasteiger partial charge in [0, 0.05) is 18.8 Å². The molecule has 2 rings (SSSR count). The molecule has 1 aromatic carbocycles. The molecule has 140 valence electrons. The van der Waals surface area contributed by atoms with Gasteiger partial charge in [-0.3, -0.25) is 9.59 Å². The van der Waals surface area contributed by atoms with Crippen LogP contribution in [0.1, 0.15) is 24.1 Å². The average molecular weight is 368 g/mol. The van der Waals surface area contributed by atoms with Gasteiger partial charge in [-0.2, -0.15) is 13.2 Å². The van der Waals surface area contributed by atoms with Crippen LogP contribution < -0.4 is 10.3 Å². The first-order valence-corrected chi connectivity index (χ1v) is 7.82. The lowest BCUT2D eigenvalue weighted by molar-refractivity contribution is -0.139. The maximum Gasteiger partial charge on any atom is 0.421 e. The minimum absolute atomic E-state index is 0.389. The van der Waals surface area contributed by atoms with Crippen LogP contribution in [0.3, 0.4) is 0 Å². The number of amides is 1. The second-order valence-electron chi connectivity index (χ2n) is 5.78. The van der Waals surface area contributed by atoms with Crippen molar-refractivity contribution in [2.75, 3.05) is 14.2 Å². The van der Waals surface area contributed by atoms with Crippen molar-refractivity contribution < 1.29 is 22.7 Å². The van der Waals surface area contributed by atoms with Gasteiger partial charge in [-0.15, -0.1) is 0 Å². The Morgan fingerprint density at radius 3 is 2.50 bits per heavy atom. The van der Waals surface area contributed by atoms with Crippen molar-refractivity contribution in [1.82, 2.24) is 9.47 Å². The predicted molar refractivity (Wildman–Crippen MR) is 89.9 cm³/mol. The summed E-state index contributed by atoms with van der Waals surface area (Å²) in [5.41, 5.74) is -1.79. The number of likely N-dealkylation sites (N-methyl/N-ethyl adjacent to an activating group) is 1. The lowest BCUT2D eigenvalue weighted by Gasteiger charge is -2.27. The third-order valence-corrected chi connectivity index (χ3v) is 4.19. The zero-order valence-corrected chi connectivity index (χ0v) is 14.6. The smallest absolute Gasteiger partial charge is 0.421 e. The molecule has 26 heavy (non-hydrogen) atoms. The third-order valence-electron chi connectivity index (χ3n) is 4.19. The maximum absolute atomic E-state index is 12.8. The van der Waals surface area contributed by atoms with Gasteiger partial charge in [0.1, 0.15) is 17.9 Å². The number of methoxy groups -OCH3 is 1. The Hall–Kier alpha value is -2.77. The molecule has 1 heterocycles. The summed E-state index contributed by atoms with van der Waals surface area (Å²) >= 11 is 0. The molecule has 0 spiro atoms. The van der Waals surface area contributed by atoms with Gasteiger partial charge in [-0.05, 0) is 25.1 Å². The summed E-state index contributed by atoms with van der Waals surface area (Å²) in [6, 6.07) is 8.54. The Morgan fingerprint density at radius 2 is 1.88 bits per heavy atom. The van der Waals surface area contributed by atoms with Crippen LogP contribution in [0.5, 0.6) is 5.75 Å². The molecule has 0 bridgehead atoms. The minimum atomic E-state index is -4.76. The van der Waals surface area contributed by atoms with Gasteiger partial charge >= 0.3 is 6.18 Å². The predicted octanol–water partition coefficient (Wildman–Crippen LogP) is 3.10. The highest BCUT2D eigenvalue weighted by Crippen LogP contribution is 2.28. The van der Waals surface area contributed by atoms with Gasteiger partial charge in [-0.1, -0.05) is 18.2 Å². The Bertz CT molecular complexity index is 846. The summed E-state index contributed by atoms with van der Waals surface area (Å²) in [7, 11) is 3.04. The number of hydrogen-bond acceptors (Lipinski definition) is 3. The SMILES string of the molecule is COc1ccccc1C(C)N(C)C(=O)Cn1cccc(C(F)(F)F)c1=O.